The molecule has 2 aromatic carbocycles. The van der Waals surface area contributed by atoms with Gasteiger partial charge in [0.05, 0.1) is 12.6 Å². The second-order valence-corrected chi connectivity index (χ2v) is 5.98. The maximum atomic E-state index is 12.1. The number of amides is 1. The van der Waals surface area contributed by atoms with Gasteiger partial charge in [-0.15, -0.1) is 0 Å². The number of carbonyl (C=O) groups excluding carboxylic acids is 1. The first-order valence-electron chi connectivity index (χ1n) is 8.18. The van der Waals surface area contributed by atoms with Gasteiger partial charge in [0.15, 0.2) is 6.61 Å². The lowest BCUT2D eigenvalue weighted by molar-refractivity contribution is -0.118. The van der Waals surface area contributed by atoms with Crippen molar-refractivity contribution in [3.63, 3.8) is 0 Å². The van der Waals surface area contributed by atoms with E-state index in [9.17, 15) is 9.59 Å². The van der Waals surface area contributed by atoms with Gasteiger partial charge in [-0.25, -0.2) is 0 Å². The number of benzene rings is 2. The normalized spacial score (nSPS) is 10.6. The zero-order valence-corrected chi connectivity index (χ0v) is 14.9. The van der Waals surface area contributed by atoms with E-state index in [1.807, 2.05) is 13.0 Å². The number of ether oxygens (including phenoxy) is 2. The SMILES string of the molecule is COc1ccc(OCC(=O)Nc2ccc3c(C)c(C)c(=O)[nH]c3c2)cc1. The van der Waals surface area contributed by atoms with Crippen molar-refractivity contribution < 1.29 is 14.3 Å². The minimum atomic E-state index is -0.286. The van der Waals surface area contributed by atoms with Gasteiger partial charge in [0.2, 0.25) is 0 Å². The average molecular weight is 352 g/mol. The molecule has 0 radical (unpaired) electrons. The van der Waals surface area contributed by atoms with Crippen LogP contribution in [0.3, 0.4) is 0 Å². The fraction of sp³-hybridized carbons (Fsp3) is 0.200. The van der Waals surface area contributed by atoms with Crippen LogP contribution in [0, 0.1) is 13.8 Å². The van der Waals surface area contributed by atoms with Crippen molar-refractivity contribution in [2.75, 3.05) is 19.0 Å². The Labute approximate surface area is 150 Å². The monoisotopic (exact) mass is 352 g/mol. The largest absolute Gasteiger partial charge is 0.497 e. The molecule has 6 heteroatoms. The number of hydrogen-bond acceptors (Lipinski definition) is 4. The topological polar surface area (TPSA) is 80.4 Å². The summed E-state index contributed by atoms with van der Waals surface area (Å²) in [7, 11) is 1.59. The Morgan fingerprint density at radius 3 is 2.42 bits per heavy atom. The fourth-order valence-electron chi connectivity index (χ4n) is 2.66. The molecule has 0 spiro atoms. The van der Waals surface area contributed by atoms with Gasteiger partial charge in [0, 0.05) is 16.6 Å². The number of pyridine rings is 1. The molecule has 3 rings (SSSR count). The Morgan fingerprint density at radius 1 is 1.04 bits per heavy atom. The molecule has 1 heterocycles. The molecule has 0 aliphatic heterocycles. The predicted octanol–water partition coefficient (Wildman–Crippen LogP) is 3.17. The van der Waals surface area contributed by atoms with E-state index in [1.165, 1.54) is 0 Å². The first-order chi connectivity index (χ1) is 12.5. The molecule has 134 valence electrons. The van der Waals surface area contributed by atoms with E-state index in [2.05, 4.69) is 10.3 Å². The molecule has 0 atom stereocenters. The maximum Gasteiger partial charge on any atom is 0.262 e. The van der Waals surface area contributed by atoms with E-state index in [1.54, 1.807) is 50.4 Å². The van der Waals surface area contributed by atoms with Crippen LogP contribution < -0.4 is 20.3 Å². The number of hydrogen-bond donors (Lipinski definition) is 2. The molecule has 0 bridgehead atoms. The van der Waals surface area contributed by atoms with Gasteiger partial charge in [-0.3, -0.25) is 9.59 Å². The molecule has 0 aliphatic carbocycles. The Kier molecular flexibility index (Phi) is 4.93. The second-order valence-electron chi connectivity index (χ2n) is 5.98. The number of nitrogens with one attached hydrogen (secondary N) is 2. The summed E-state index contributed by atoms with van der Waals surface area (Å²) < 4.78 is 10.5. The Hall–Kier alpha value is -3.28. The molecule has 0 aliphatic rings. The molecule has 0 saturated carbocycles. The van der Waals surface area contributed by atoms with Crippen LogP contribution in [0.4, 0.5) is 5.69 Å². The summed E-state index contributed by atoms with van der Waals surface area (Å²) in [4.78, 5) is 26.9. The standard InChI is InChI=1S/C20H20N2O4/c1-12-13(2)20(24)22-18-10-14(4-9-17(12)18)21-19(23)11-26-16-7-5-15(25-3)6-8-16/h4-10H,11H2,1-3H3,(H,21,23)(H,22,24). The van der Waals surface area contributed by atoms with Crippen LogP contribution >= 0.6 is 0 Å². The number of anilines is 1. The minimum Gasteiger partial charge on any atom is -0.497 e. The van der Waals surface area contributed by atoms with Gasteiger partial charge in [-0.05, 0) is 55.8 Å². The molecule has 0 unspecified atom stereocenters. The number of carbonyl (C=O) groups is 1. The lowest BCUT2D eigenvalue weighted by Crippen LogP contribution is -2.20. The van der Waals surface area contributed by atoms with Crippen molar-refractivity contribution in [3.05, 3.63) is 63.9 Å². The van der Waals surface area contributed by atoms with Crippen LogP contribution in [0.1, 0.15) is 11.1 Å². The zero-order chi connectivity index (χ0) is 18.7. The van der Waals surface area contributed by atoms with Crippen LogP contribution in [0.2, 0.25) is 0 Å². The van der Waals surface area contributed by atoms with Crippen LogP contribution in [-0.2, 0) is 4.79 Å². The Morgan fingerprint density at radius 2 is 1.73 bits per heavy atom. The summed E-state index contributed by atoms with van der Waals surface area (Å²) in [5, 5.41) is 3.72. The first-order valence-corrected chi connectivity index (χ1v) is 8.18. The molecule has 1 aromatic heterocycles. The van der Waals surface area contributed by atoms with E-state index >= 15 is 0 Å². The van der Waals surface area contributed by atoms with Crippen LogP contribution in [-0.4, -0.2) is 24.6 Å². The fourth-order valence-corrected chi connectivity index (χ4v) is 2.66. The summed E-state index contributed by atoms with van der Waals surface area (Å²) in [6.07, 6.45) is 0. The van der Waals surface area contributed by atoms with Gasteiger partial charge in [0.1, 0.15) is 11.5 Å². The van der Waals surface area contributed by atoms with E-state index in [4.69, 9.17) is 9.47 Å². The number of rotatable bonds is 5. The summed E-state index contributed by atoms with van der Waals surface area (Å²) >= 11 is 0. The quantitative estimate of drug-likeness (QED) is 0.739. The molecule has 0 fully saturated rings. The van der Waals surface area contributed by atoms with Gasteiger partial charge in [0.25, 0.3) is 11.5 Å². The lowest BCUT2D eigenvalue weighted by atomic mass is 10.1. The Bertz CT molecular complexity index is 1010. The molecule has 0 saturated heterocycles. The molecule has 1 amide bonds. The van der Waals surface area contributed by atoms with E-state index in [-0.39, 0.29) is 18.1 Å². The molecule has 26 heavy (non-hydrogen) atoms. The van der Waals surface area contributed by atoms with E-state index in [0.717, 1.165) is 16.7 Å². The number of fused-ring (bicyclic) bond motifs is 1. The van der Waals surface area contributed by atoms with Crippen LogP contribution in [0.5, 0.6) is 11.5 Å². The van der Waals surface area contributed by atoms with Gasteiger partial charge < -0.3 is 19.8 Å². The summed E-state index contributed by atoms with van der Waals surface area (Å²) in [5.41, 5.74) is 2.79. The molecular formula is C20H20N2O4. The average Bonchev–Trinajstić information content (AvgIpc) is 2.65. The number of aromatic nitrogens is 1. The van der Waals surface area contributed by atoms with Crippen molar-refractivity contribution in [2.45, 2.75) is 13.8 Å². The van der Waals surface area contributed by atoms with Crippen molar-refractivity contribution in [2.24, 2.45) is 0 Å². The molecule has 3 aromatic rings. The van der Waals surface area contributed by atoms with Gasteiger partial charge in [-0.2, -0.15) is 0 Å². The van der Waals surface area contributed by atoms with Gasteiger partial charge in [-0.1, -0.05) is 6.07 Å². The molecular weight excluding hydrogens is 332 g/mol. The van der Waals surface area contributed by atoms with Crippen LogP contribution in [0.15, 0.2) is 47.3 Å². The molecule has 2 N–H and O–H groups in total. The molecule has 6 nitrogen and oxygen atoms in total. The first kappa shape index (κ1) is 17.5. The zero-order valence-electron chi connectivity index (χ0n) is 14.9. The van der Waals surface area contributed by atoms with Crippen molar-refractivity contribution in [1.82, 2.24) is 4.98 Å². The maximum absolute atomic E-state index is 12.1. The third-order valence-electron chi connectivity index (χ3n) is 4.29. The summed E-state index contributed by atoms with van der Waals surface area (Å²) in [6.45, 7) is 3.58. The number of methoxy groups -OCH3 is 1. The van der Waals surface area contributed by atoms with E-state index < -0.39 is 0 Å². The minimum absolute atomic E-state index is 0.117. The third kappa shape index (κ3) is 3.69. The highest BCUT2D eigenvalue weighted by Crippen LogP contribution is 2.21. The predicted molar refractivity (Wildman–Crippen MR) is 101 cm³/mol. The smallest absolute Gasteiger partial charge is 0.262 e. The lowest BCUT2D eigenvalue weighted by Gasteiger charge is -2.10. The number of aromatic amines is 1. The van der Waals surface area contributed by atoms with Crippen LogP contribution in [0.25, 0.3) is 10.9 Å². The van der Waals surface area contributed by atoms with Crippen molar-refractivity contribution in [1.29, 1.82) is 0 Å². The van der Waals surface area contributed by atoms with Gasteiger partial charge >= 0.3 is 0 Å². The third-order valence-corrected chi connectivity index (χ3v) is 4.29. The highest BCUT2D eigenvalue weighted by molar-refractivity contribution is 5.95. The summed E-state index contributed by atoms with van der Waals surface area (Å²) in [5.74, 6) is 1.01. The van der Waals surface area contributed by atoms with E-state index in [0.29, 0.717) is 22.5 Å². The Balaban J connectivity index is 1.68. The summed E-state index contributed by atoms with van der Waals surface area (Å²) in [6, 6.07) is 12.4. The number of H-pyrrole nitrogens is 1. The highest BCUT2D eigenvalue weighted by atomic mass is 16.5. The second kappa shape index (κ2) is 7.31. The highest BCUT2D eigenvalue weighted by Gasteiger charge is 2.08. The number of aryl methyl sites for hydroxylation is 1. The van der Waals surface area contributed by atoms with Crippen molar-refractivity contribution in [3.8, 4) is 11.5 Å². The van der Waals surface area contributed by atoms with Crippen molar-refractivity contribution >= 4 is 22.5 Å².